The lowest BCUT2D eigenvalue weighted by atomic mass is 10.3. The third kappa shape index (κ3) is 4.87. The molecule has 10 nitrogen and oxygen atoms in total. The number of halogens is 1. The van der Waals surface area contributed by atoms with Crippen molar-refractivity contribution in [3.63, 3.8) is 0 Å². The number of H-pyrrole nitrogens is 1. The van der Waals surface area contributed by atoms with Gasteiger partial charge in [-0.25, -0.2) is 18.1 Å². The SMILES string of the molecule is O=C(O)CNC(=O)c1cnc(NS(=O)(=O)c2ccc(Br)cc2)[nH]c1=O. The summed E-state index contributed by atoms with van der Waals surface area (Å²) in [6.07, 6.45) is 0.843. The molecule has 25 heavy (non-hydrogen) atoms. The Morgan fingerprint density at radius 1 is 1.24 bits per heavy atom. The number of rotatable bonds is 6. The molecule has 2 rings (SSSR count). The number of aromatic nitrogens is 2. The molecule has 1 aromatic carbocycles. The van der Waals surface area contributed by atoms with Crippen LogP contribution in [0.15, 0.2) is 44.6 Å². The number of aromatic amines is 1. The first-order valence-corrected chi connectivity index (χ1v) is 8.84. The van der Waals surface area contributed by atoms with Crippen LogP contribution in [0.3, 0.4) is 0 Å². The Labute approximate surface area is 149 Å². The minimum Gasteiger partial charge on any atom is -0.480 e. The van der Waals surface area contributed by atoms with Crippen molar-refractivity contribution in [3.05, 3.63) is 50.9 Å². The number of benzene rings is 1. The van der Waals surface area contributed by atoms with Crippen LogP contribution in [0, 0.1) is 0 Å². The number of carbonyl (C=O) groups excluding carboxylic acids is 1. The molecule has 12 heteroatoms. The largest absolute Gasteiger partial charge is 0.480 e. The van der Waals surface area contributed by atoms with Gasteiger partial charge in [-0.1, -0.05) is 15.9 Å². The van der Waals surface area contributed by atoms with Crippen molar-refractivity contribution >= 4 is 43.8 Å². The summed E-state index contributed by atoms with van der Waals surface area (Å²) in [6.45, 7) is -0.670. The first kappa shape index (κ1) is 18.6. The van der Waals surface area contributed by atoms with Crippen LogP contribution < -0.4 is 15.6 Å². The number of carboxylic acids is 1. The summed E-state index contributed by atoms with van der Waals surface area (Å²) in [4.78, 5) is 39.6. The van der Waals surface area contributed by atoms with E-state index in [1.165, 1.54) is 24.3 Å². The van der Waals surface area contributed by atoms with Crippen LogP contribution in [-0.2, 0) is 14.8 Å². The van der Waals surface area contributed by atoms with Crippen molar-refractivity contribution in [3.8, 4) is 0 Å². The molecular weight excluding hydrogens is 420 g/mol. The second kappa shape index (κ2) is 7.44. The quantitative estimate of drug-likeness (QED) is 0.507. The predicted molar refractivity (Wildman–Crippen MR) is 89.8 cm³/mol. The van der Waals surface area contributed by atoms with E-state index in [0.29, 0.717) is 4.47 Å². The van der Waals surface area contributed by atoms with Crippen LogP contribution in [0.5, 0.6) is 0 Å². The maximum absolute atomic E-state index is 12.2. The zero-order chi connectivity index (χ0) is 18.6. The van der Waals surface area contributed by atoms with Gasteiger partial charge in [-0.3, -0.25) is 19.4 Å². The normalized spacial score (nSPS) is 10.9. The summed E-state index contributed by atoms with van der Waals surface area (Å²) < 4.78 is 27.1. The van der Waals surface area contributed by atoms with Gasteiger partial charge in [0.2, 0.25) is 5.95 Å². The third-order valence-corrected chi connectivity index (χ3v) is 4.68. The van der Waals surface area contributed by atoms with Gasteiger partial charge >= 0.3 is 5.97 Å². The minimum absolute atomic E-state index is 0.0540. The average molecular weight is 431 g/mol. The molecule has 0 radical (unpaired) electrons. The summed E-state index contributed by atoms with van der Waals surface area (Å²) in [7, 11) is -3.98. The molecule has 0 saturated heterocycles. The Morgan fingerprint density at radius 2 is 1.88 bits per heavy atom. The molecule has 0 bridgehead atoms. The molecule has 4 N–H and O–H groups in total. The van der Waals surface area contributed by atoms with Crippen LogP contribution in [0.4, 0.5) is 5.95 Å². The van der Waals surface area contributed by atoms with Crippen LogP contribution in [0.2, 0.25) is 0 Å². The van der Waals surface area contributed by atoms with Crippen molar-refractivity contribution in [1.82, 2.24) is 15.3 Å². The molecule has 1 amide bonds. The number of nitrogens with one attached hydrogen (secondary N) is 3. The number of sulfonamides is 1. The summed E-state index contributed by atoms with van der Waals surface area (Å²) in [5.74, 6) is -2.61. The smallest absolute Gasteiger partial charge is 0.322 e. The Bertz CT molecular complexity index is 971. The zero-order valence-corrected chi connectivity index (χ0v) is 14.7. The van der Waals surface area contributed by atoms with E-state index in [1.807, 2.05) is 5.32 Å². The highest BCUT2D eigenvalue weighted by Gasteiger charge is 2.17. The van der Waals surface area contributed by atoms with Gasteiger partial charge in [-0.2, -0.15) is 0 Å². The standard InChI is InChI=1S/C13H11BrN4O6S/c14-7-1-3-8(4-2-7)25(23,24)18-13-16-5-9(12(22)17-13)11(21)15-6-10(19)20/h1-5H,6H2,(H,15,21)(H,19,20)(H2,16,17,18,22). The highest BCUT2D eigenvalue weighted by Crippen LogP contribution is 2.16. The second-order valence-electron chi connectivity index (χ2n) is 4.61. The maximum Gasteiger partial charge on any atom is 0.322 e. The Kier molecular flexibility index (Phi) is 5.54. The fourth-order valence-electron chi connectivity index (χ4n) is 1.66. The summed E-state index contributed by atoms with van der Waals surface area (Å²) in [5.41, 5.74) is -1.38. The monoisotopic (exact) mass is 430 g/mol. The number of anilines is 1. The highest BCUT2D eigenvalue weighted by molar-refractivity contribution is 9.10. The minimum atomic E-state index is -3.98. The predicted octanol–water partition coefficient (Wildman–Crippen LogP) is 0.148. The van der Waals surface area contributed by atoms with Gasteiger partial charge in [0, 0.05) is 10.7 Å². The molecule has 0 atom stereocenters. The van der Waals surface area contributed by atoms with Crippen molar-refractivity contribution in [2.24, 2.45) is 0 Å². The molecule has 0 spiro atoms. The average Bonchev–Trinajstić information content (AvgIpc) is 2.52. The number of aliphatic carboxylic acids is 1. The number of carboxylic acid groups (broad SMARTS) is 1. The lowest BCUT2D eigenvalue weighted by Crippen LogP contribution is -2.34. The number of carbonyl (C=O) groups is 2. The first-order chi connectivity index (χ1) is 11.7. The molecular formula is C13H11BrN4O6S. The Balaban J connectivity index is 2.20. The summed E-state index contributed by atoms with van der Waals surface area (Å²) >= 11 is 3.18. The van der Waals surface area contributed by atoms with Gasteiger partial charge in [0.1, 0.15) is 12.1 Å². The molecule has 0 fully saturated rings. The number of hydrogen-bond donors (Lipinski definition) is 4. The Morgan fingerprint density at radius 3 is 2.44 bits per heavy atom. The molecule has 0 saturated carbocycles. The second-order valence-corrected chi connectivity index (χ2v) is 7.21. The van der Waals surface area contributed by atoms with Gasteiger partial charge < -0.3 is 10.4 Å². The number of nitrogens with zero attached hydrogens (tertiary/aromatic N) is 1. The number of amides is 1. The van der Waals surface area contributed by atoms with Crippen molar-refractivity contribution in [1.29, 1.82) is 0 Å². The first-order valence-electron chi connectivity index (χ1n) is 6.57. The van der Waals surface area contributed by atoms with Crippen molar-refractivity contribution in [2.75, 3.05) is 11.3 Å². The Hall–Kier alpha value is -2.73. The summed E-state index contributed by atoms with van der Waals surface area (Å²) in [6, 6.07) is 5.75. The number of hydrogen-bond acceptors (Lipinski definition) is 6. The van der Waals surface area contributed by atoms with E-state index in [2.05, 4.69) is 30.6 Å². The van der Waals surface area contributed by atoms with Crippen LogP contribution in [-0.4, -0.2) is 41.9 Å². The maximum atomic E-state index is 12.2. The highest BCUT2D eigenvalue weighted by atomic mass is 79.9. The van der Waals surface area contributed by atoms with E-state index in [-0.39, 0.29) is 10.8 Å². The van der Waals surface area contributed by atoms with Crippen LogP contribution >= 0.6 is 15.9 Å². The molecule has 1 aromatic heterocycles. The van der Waals surface area contributed by atoms with Gasteiger partial charge in [0.25, 0.3) is 21.5 Å². The fraction of sp³-hybridized carbons (Fsp3) is 0.0769. The molecule has 2 aromatic rings. The molecule has 0 unspecified atom stereocenters. The van der Waals surface area contributed by atoms with Gasteiger partial charge in [-0.05, 0) is 24.3 Å². The third-order valence-electron chi connectivity index (χ3n) is 2.80. The van der Waals surface area contributed by atoms with Gasteiger partial charge in [0.05, 0.1) is 4.90 Å². The van der Waals surface area contributed by atoms with E-state index in [1.54, 1.807) is 0 Å². The van der Waals surface area contributed by atoms with Gasteiger partial charge in [-0.15, -0.1) is 0 Å². The van der Waals surface area contributed by atoms with Crippen LogP contribution in [0.1, 0.15) is 10.4 Å². The molecule has 0 aliphatic rings. The van der Waals surface area contributed by atoms with E-state index >= 15 is 0 Å². The lowest BCUT2D eigenvalue weighted by Gasteiger charge is -2.08. The van der Waals surface area contributed by atoms with Crippen LogP contribution in [0.25, 0.3) is 0 Å². The topological polar surface area (TPSA) is 158 Å². The molecule has 132 valence electrons. The fourth-order valence-corrected chi connectivity index (χ4v) is 2.89. The molecule has 1 heterocycles. The van der Waals surface area contributed by atoms with Crippen molar-refractivity contribution in [2.45, 2.75) is 4.90 Å². The zero-order valence-electron chi connectivity index (χ0n) is 12.3. The summed E-state index contributed by atoms with van der Waals surface area (Å²) in [5, 5.41) is 10.5. The lowest BCUT2D eigenvalue weighted by molar-refractivity contribution is -0.135. The van der Waals surface area contributed by atoms with Crippen molar-refractivity contribution < 1.29 is 23.1 Å². The van der Waals surface area contributed by atoms with E-state index in [9.17, 15) is 22.8 Å². The van der Waals surface area contributed by atoms with E-state index in [0.717, 1.165) is 6.20 Å². The van der Waals surface area contributed by atoms with E-state index < -0.39 is 39.6 Å². The van der Waals surface area contributed by atoms with E-state index in [4.69, 9.17) is 5.11 Å². The molecule has 0 aliphatic heterocycles. The van der Waals surface area contributed by atoms with Gasteiger partial charge in [0.15, 0.2) is 0 Å². The molecule has 0 aliphatic carbocycles.